The maximum Gasteiger partial charge on any atom is 0.123 e. The first-order chi connectivity index (χ1) is 27.2. The predicted octanol–water partition coefficient (Wildman–Crippen LogP) is 13.6. The summed E-state index contributed by atoms with van der Waals surface area (Å²) in [5.74, 6) is 0. The van der Waals surface area contributed by atoms with E-state index in [0.717, 1.165) is 87.9 Å². The molecule has 8 aromatic rings. The molecule has 0 fully saturated rings. The number of fused-ring (bicyclic) bond motifs is 2. The Hall–Kier alpha value is -6.03. The molecule has 1 aliphatic heterocycles. The third-order valence-electron chi connectivity index (χ3n) is 10.4. The number of nitrogens with zero attached hydrogens (tertiary/aromatic N) is 2. The van der Waals surface area contributed by atoms with E-state index >= 15 is 0 Å². The standard InChI is InChI=1S/C50H38N2S/c1-33-24-29-42-47(53-49-48(50(42,2)3)51-30-31-52-49)43(33)38-25-27-39(28-26-38)46-44(36-20-12-6-13-21-36)40(34-16-8-4-9-17-34)32-41(35-18-10-5-11-19-35)45(46)37-22-14-7-15-23-37/h4-32H,1-3H3/i1D3. The van der Waals surface area contributed by atoms with Crippen LogP contribution in [-0.2, 0) is 5.41 Å². The summed E-state index contributed by atoms with van der Waals surface area (Å²) < 4.78 is 26.0. The first-order valence-electron chi connectivity index (χ1n) is 19.4. The summed E-state index contributed by atoms with van der Waals surface area (Å²) >= 11 is 1.51. The Balaban J connectivity index is 1.35. The van der Waals surface area contributed by atoms with Gasteiger partial charge in [0.1, 0.15) is 5.03 Å². The van der Waals surface area contributed by atoms with Crippen molar-refractivity contribution in [3.63, 3.8) is 0 Å². The Labute approximate surface area is 320 Å². The summed E-state index contributed by atoms with van der Waals surface area (Å²) in [5, 5.41) is 0.803. The monoisotopic (exact) mass is 701 g/mol. The predicted molar refractivity (Wildman–Crippen MR) is 222 cm³/mol. The molecule has 0 aliphatic carbocycles. The molecule has 0 radical (unpaired) electrons. The van der Waals surface area contributed by atoms with E-state index in [1.165, 1.54) is 11.8 Å². The smallest absolute Gasteiger partial charge is 0.123 e. The molecular formula is C50H38N2S. The van der Waals surface area contributed by atoms with Crippen LogP contribution in [0.15, 0.2) is 186 Å². The highest BCUT2D eigenvalue weighted by molar-refractivity contribution is 7.99. The number of hydrogen-bond acceptors (Lipinski definition) is 3. The number of aryl methyl sites for hydroxylation is 1. The Bertz CT molecular complexity index is 2590. The van der Waals surface area contributed by atoms with Crippen LogP contribution in [0.5, 0.6) is 0 Å². The average molecular weight is 702 g/mol. The van der Waals surface area contributed by atoms with Crippen molar-refractivity contribution in [3.05, 3.63) is 193 Å². The van der Waals surface area contributed by atoms with Gasteiger partial charge in [-0.05, 0) is 90.8 Å². The third-order valence-corrected chi connectivity index (χ3v) is 11.5. The lowest BCUT2D eigenvalue weighted by Crippen LogP contribution is -2.26. The van der Waals surface area contributed by atoms with Gasteiger partial charge < -0.3 is 0 Å². The summed E-state index contributed by atoms with van der Waals surface area (Å²) in [5.41, 5.74) is 14.5. The molecule has 2 heterocycles. The summed E-state index contributed by atoms with van der Waals surface area (Å²) in [6, 6.07) is 57.1. The van der Waals surface area contributed by atoms with E-state index in [9.17, 15) is 0 Å². The fourth-order valence-electron chi connectivity index (χ4n) is 7.80. The quantitative estimate of drug-likeness (QED) is 0.173. The van der Waals surface area contributed by atoms with Gasteiger partial charge in [-0.25, -0.2) is 4.98 Å². The van der Waals surface area contributed by atoms with Crippen LogP contribution in [-0.4, -0.2) is 9.97 Å². The van der Waals surface area contributed by atoms with Crippen LogP contribution in [0.1, 0.15) is 34.8 Å². The van der Waals surface area contributed by atoms with E-state index in [-0.39, 0.29) is 0 Å². The van der Waals surface area contributed by atoms with Crippen molar-refractivity contribution in [2.45, 2.75) is 36.0 Å². The molecule has 0 amide bonds. The number of aromatic nitrogens is 2. The van der Waals surface area contributed by atoms with Gasteiger partial charge in [-0.15, -0.1) is 0 Å². The summed E-state index contributed by atoms with van der Waals surface area (Å²) in [6.45, 7) is 1.95. The van der Waals surface area contributed by atoms with Crippen molar-refractivity contribution in [3.8, 4) is 66.8 Å². The Kier molecular flexibility index (Phi) is 7.53. The van der Waals surface area contributed by atoms with Crippen molar-refractivity contribution in [2.75, 3.05) is 0 Å². The minimum absolute atomic E-state index is 0.326. The fraction of sp³-hybridized carbons (Fsp3) is 0.0800. The van der Waals surface area contributed by atoms with E-state index in [0.29, 0.717) is 5.56 Å². The van der Waals surface area contributed by atoms with Gasteiger partial charge in [0.15, 0.2) is 0 Å². The van der Waals surface area contributed by atoms with E-state index < -0.39 is 12.3 Å². The van der Waals surface area contributed by atoms with Crippen LogP contribution >= 0.6 is 11.8 Å². The van der Waals surface area contributed by atoms with E-state index in [2.05, 4.69) is 166 Å². The highest BCUT2D eigenvalue weighted by atomic mass is 32.2. The molecule has 3 heteroatoms. The minimum Gasteiger partial charge on any atom is -0.256 e. The second kappa shape index (κ2) is 13.5. The first kappa shape index (κ1) is 29.5. The molecule has 0 saturated carbocycles. The van der Waals surface area contributed by atoms with Crippen molar-refractivity contribution < 1.29 is 4.11 Å². The van der Waals surface area contributed by atoms with Crippen LogP contribution in [0.25, 0.3) is 66.8 Å². The normalized spacial score (nSPS) is 14.0. The molecule has 0 spiro atoms. The Morgan fingerprint density at radius 3 is 1.43 bits per heavy atom. The average Bonchev–Trinajstić information content (AvgIpc) is 3.23. The summed E-state index contributed by atoms with van der Waals surface area (Å²) in [7, 11) is 0. The SMILES string of the molecule is [2H]C([2H])([2H])c1ccc2c(c1-c1ccc(-c3c(-c4ccccc4)c(-c4ccccc4)cc(-c4ccccc4)c3-c3ccccc3)cc1)Sc1nccnc1C2(C)C. The van der Waals surface area contributed by atoms with E-state index in [4.69, 9.17) is 14.1 Å². The molecule has 0 N–H and O–H groups in total. The van der Waals surface area contributed by atoms with Crippen LogP contribution < -0.4 is 0 Å². The maximum absolute atomic E-state index is 8.65. The molecule has 9 rings (SSSR count). The fourth-order valence-corrected chi connectivity index (χ4v) is 9.27. The van der Waals surface area contributed by atoms with Crippen LogP contribution in [0.4, 0.5) is 0 Å². The lowest BCUT2D eigenvalue weighted by Gasteiger charge is -2.34. The molecule has 0 unspecified atom stereocenters. The van der Waals surface area contributed by atoms with Crippen LogP contribution in [0, 0.1) is 6.85 Å². The molecule has 7 aromatic carbocycles. The highest BCUT2D eigenvalue weighted by Crippen LogP contribution is 2.53. The largest absolute Gasteiger partial charge is 0.256 e. The molecule has 0 saturated heterocycles. The molecular weight excluding hydrogens is 661 g/mol. The topological polar surface area (TPSA) is 25.8 Å². The molecule has 2 nitrogen and oxygen atoms in total. The van der Waals surface area contributed by atoms with Gasteiger partial charge in [0.2, 0.25) is 0 Å². The van der Waals surface area contributed by atoms with Crippen LogP contribution in [0.2, 0.25) is 0 Å². The third kappa shape index (κ3) is 5.78. The van der Waals surface area contributed by atoms with Crippen molar-refractivity contribution in [1.29, 1.82) is 0 Å². The zero-order chi connectivity index (χ0) is 38.4. The zero-order valence-electron chi connectivity index (χ0n) is 32.5. The molecule has 53 heavy (non-hydrogen) atoms. The summed E-state index contributed by atoms with van der Waals surface area (Å²) in [6.07, 6.45) is 3.43. The lowest BCUT2D eigenvalue weighted by atomic mass is 9.78. The molecule has 1 aromatic heterocycles. The van der Waals surface area contributed by atoms with Crippen molar-refractivity contribution >= 4 is 11.8 Å². The Morgan fingerprint density at radius 2 is 0.925 bits per heavy atom. The lowest BCUT2D eigenvalue weighted by molar-refractivity contribution is 0.573. The van der Waals surface area contributed by atoms with Crippen LogP contribution in [0.3, 0.4) is 0 Å². The van der Waals surface area contributed by atoms with E-state index in [1.54, 1.807) is 18.5 Å². The number of hydrogen-bond donors (Lipinski definition) is 0. The van der Waals surface area contributed by atoms with Gasteiger partial charge in [-0.1, -0.05) is 183 Å². The Morgan fingerprint density at radius 1 is 0.472 bits per heavy atom. The minimum atomic E-state index is -2.33. The molecule has 1 aliphatic rings. The molecule has 0 bridgehead atoms. The van der Waals surface area contributed by atoms with Gasteiger partial charge in [0.05, 0.1) is 5.69 Å². The van der Waals surface area contributed by atoms with E-state index in [1.807, 2.05) is 6.07 Å². The second-order valence-electron chi connectivity index (χ2n) is 13.9. The highest BCUT2D eigenvalue weighted by Gasteiger charge is 2.37. The second-order valence-corrected chi connectivity index (χ2v) is 14.9. The van der Waals surface area contributed by atoms with Gasteiger partial charge in [0.25, 0.3) is 0 Å². The maximum atomic E-state index is 8.65. The van der Waals surface area contributed by atoms with Gasteiger partial charge >= 0.3 is 0 Å². The molecule has 0 atom stereocenters. The zero-order valence-corrected chi connectivity index (χ0v) is 30.4. The first-order valence-corrected chi connectivity index (χ1v) is 18.7. The van der Waals surface area contributed by atoms with Crippen molar-refractivity contribution in [1.82, 2.24) is 9.97 Å². The van der Waals surface area contributed by atoms with Crippen molar-refractivity contribution in [2.24, 2.45) is 0 Å². The molecule has 254 valence electrons. The van der Waals surface area contributed by atoms with Gasteiger partial charge in [-0.2, -0.15) is 0 Å². The summed E-state index contributed by atoms with van der Waals surface area (Å²) in [4.78, 5) is 10.3. The number of benzene rings is 7. The number of rotatable bonds is 6. The van der Waals surface area contributed by atoms with Gasteiger partial charge in [0, 0.05) is 26.8 Å². The van der Waals surface area contributed by atoms with Gasteiger partial charge in [-0.3, -0.25) is 4.98 Å².